The van der Waals surface area contributed by atoms with Crippen molar-refractivity contribution in [3.63, 3.8) is 0 Å². The van der Waals surface area contributed by atoms with Crippen LogP contribution in [0.15, 0.2) is 103 Å². The Kier molecular flexibility index (Phi) is 4.54. The second-order valence-corrected chi connectivity index (χ2v) is 6.47. The summed E-state index contributed by atoms with van der Waals surface area (Å²) in [6.45, 7) is 0. The molecule has 4 rings (SSSR count). The van der Waals surface area contributed by atoms with Gasteiger partial charge < -0.3 is 5.73 Å². The van der Waals surface area contributed by atoms with E-state index in [-0.39, 0.29) is 5.78 Å². The number of carbonyl (C=O) groups excluding carboxylic acids is 1. The van der Waals surface area contributed by atoms with Crippen molar-refractivity contribution in [2.45, 2.75) is 0 Å². The van der Waals surface area contributed by atoms with Gasteiger partial charge in [-0.15, -0.1) is 0 Å². The van der Waals surface area contributed by atoms with E-state index in [1.807, 2.05) is 78.9 Å². The summed E-state index contributed by atoms with van der Waals surface area (Å²) in [6, 6.07) is 33.4. The minimum atomic E-state index is 0.0425. The quantitative estimate of drug-likeness (QED) is 0.372. The number of rotatable bonds is 4. The minimum Gasteiger partial charge on any atom is -0.399 e. The Balaban J connectivity index is 1.55. The zero-order chi connectivity index (χ0) is 18.6. The van der Waals surface area contributed by atoms with Crippen LogP contribution in [0.4, 0.5) is 5.69 Å². The maximum absolute atomic E-state index is 12.5. The standard InChI is InChI=1S/C25H19NO/c26-24-16-14-21(15-17-24)19-8-6-18(7-9-19)20-10-12-23(13-11-20)25(27)22-4-2-1-3-5-22/h1-17H,26H2. The van der Waals surface area contributed by atoms with Gasteiger partial charge in [-0.2, -0.15) is 0 Å². The average molecular weight is 349 g/mol. The lowest BCUT2D eigenvalue weighted by Gasteiger charge is -2.07. The molecule has 0 saturated carbocycles. The van der Waals surface area contributed by atoms with Crippen molar-refractivity contribution < 1.29 is 4.79 Å². The maximum Gasteiger partial charge on any atom is 0.193 e. The molecule has 4 aromatic rings. The Morgan fingerprint density at radius 1 is 0.481 bits per heavy atom. The molecule has 130 valence electrons. The van der Waals surface area contributed by atoms with Gasteiger partial charge in [-0.1, -0.05) is 91.0 Å². The molecule has 0 radical (unpaired) electrons. The predicted octanol–water partition coefficient (Wildman–Crippen LogP) is 5.83. The van der Waals surface area contributed by atoms with Crippen LogP contribution in [0, 0.1) is 0 Å². The number of nitrogen functional groups attached to an aromatic ring is 1. The molecule has 2 heteroatoms. The first-order chi connectivity index (χ1) is 13.2. The molecular weight excluding hydrogens is 330 g/mol. The third-order valence-electron chi connectivity index (χ3n) is 4.65. The molecule has 2 N–H and O–H groups in total. The molecule has 0 amide bonds. The molecular formula is C25H19NO. The van der Waals surface area contributed by atoms with E-state index in [9.17, 15) is 4.79 Å². The Morgan fingerprint density at radius 2 is 0.852 bits per heavy atom. The number of anilines is 1. The molecule has 0 saturated heterocycles. The second-order valence-electron chi connectivity index (χ2n) is 6.47. The number of nitrogens with two attached hydrogens (primary N) is 1. The number of hydrogen-bond acceptors (Lipinski definition) is 2. The van der Waals surface area contributed by atoms with Crippen molar-refractivity contribution in [1.82, 2.24) is 0 Å². The summed E-state index contributed by atoms with van der Waals surface area (Å²) in [5.41, 5.74) is 12.4. The lowest BCUT2D eigenvalue weighted by molar-refractivity contribution is 0.103. The van der Waals surface area contributed by atoms with Crippen molar-refractivity contribution >= 4 is 11.5 Å². The lowest BCUT2D eigenvalue weighted by Crippen LogP contribution is -2.00. The molecule has 27 heavy (non-hydrogen) atoms. The van der Waals surface area contributed by atoms with Crippen LogP contribution in [0.2, 0.25) is 0 Å². The SMILES string of the molecule is Nc1ccc(-c2ccc(-c3ccc(C(=O)c4ccccc4)cc3)cc2)cc1. The van der Waals surface area contributed by atoms with Crippen molar-refractivity contribution in [1.29, 1.82) is 0 Å². The molecule has 0 fully saturated rings. The van der Waals surface area contributed by atoms with E-state index in [0.29, 0.717) is 11.1 Å². The van der Waals surface area contributed by atoms with Crippen LogP contribution in [0.5, 0.6) is 0 Å². The van der Waals surface area contributed by atoms with Gasteiger partial charge in [0.25, 0.3) is 0 Å². The van der Waals surface area contributed by atoms with Crippen LogP contribution >= 0.6 is 0 Å². The number of benzene rings is 4. The van der Waals surface area contributed by atoms with Gasteiger partial charge in [0.15, 0.2) is 5.78 Å². The van der Waals surface area contributed by atoms with Crippen molar-refractivity contribution in [2.24, 2.45) is 0 Å². The molecule has 0 aromatic heterocycles. The highest BCUT2D eigenvalue weighted by Gasteiger charge is 2.08. The van der Waals surface area contributed by atoms with E-state index < -0.39 is 0 Å². The average Bonchev–Trinajstić information content (AvgIpc) is 2.75. The van der Waals surface area contributed by atoms with Crippen molar-refractivity contribution in [3.05, 3.63) is 114 Å². The second kappa shape index (κ2) is 7.30. The van der Waals surface area contributed by atoms with Crippen LogP contribution < -0.4 is 5.73 Å². The van der Waals surface area contributed by atoms with Gasteiger partial charge >= 0.3 is 0 Å². The summed E-state index contributed by atoms with van der Waals surface area (Å²) < 4.78 is 0. The van der Waals surface area contributed by atoms with Crippen LogP contribution in [-0.2, 0) is 0 Å². The highest BCUT2D eigenvalue weighted by Crippen LogP contribution is 2.26. The first-order valence-corrected chi connectivity index (χ1v) is 8.87. The van der Waals surface area contributed by atoms with Gasteiger partial charge in [0.05, 0.1) is 0 Å². The van der Waals surface area contributed by atoms with Crippen LogP contribution in [0.25, 0.3) is 22.3 Å². The molecule has 0 aliphatic rings. The summed E-state index contributed by atoms with van der Waals surface area (Å²) in [6.07, 6.45) is 0. The first kappa shape index (κ1) is 16.8. The van der Waals surface area contributed by atoms with Gasteiger partial charge in [-0.05, 0) is 34.4 Å². The Morgan fingerprint density at radius 3 is 1.33 bits per heavy atom. The molecule has 0 aliphatic heterocycles. The fourth-order valence-corrected chi connectivity index (χ4v) is 3.10. The Labute approximate surface area is 158 Å². The van der Waals surface area contributed by atoms with Gasteiger partial charge in [-0.3, -0.25) is 4.79 Å². The van der Waals surface area contributed by atoms with E-state index in [2.05, 4.69) is 24.3 Å². The van der Waals surface area contributed by atoms with E-state index >= 15 is 0 Å². The zero-order valence-electron chi connectivity index (χ0n) is 14.8. The predicted molar refractivity (Wildman–Crippen MR) is 112 cm³/mol. The third kappa shape index (κ3) is 3.65. The Hall–Kier alpha value is -3.65. The first-order valence-electron chi connectivity index (χ1n) is 8.87. The maximum atomic E-state index is 12.5. The fraction of sp³-hybridized carbons (Fsp3) is 0. The van der Waals surface area contributed by atoms with Crippen LogP contribution in [0.3, 0.4) is 0 Å². The number of carbonyl (C=O) groups is 1. The highest BCUT2D eigenvalue weighted by atomic mass is 16.1. The molecule has 0 spiro atoms. The van der Waals surface area contributed by atoms with Gasteiger partial charge in [0, 0.05) is 16.8 Å². The van der Waals surface area contributed by atoms with Gasteiger partial charge in [0.1, 0.15) is 0 Å². The van der Waals surface area contributed by atoms with Gasteiger partial charge in [-0.25, -0.2) is 0 Å². The number of hydrogen-bond donors (Lipinski definition) is 1. The van der Waals surface area contributed by atoms with E-state index in [4.69, 9.17) is 5.73 Å². The van der Waals surface area contributed by atoms with E-state index in [0.717, 1.165) is 27.9 Å². The zero-order valence-corrected chi connectivity index (χ0v) is 14.8. The van der Waals surface area contributed by atoms with Crippen molar-refractivity contribution in [2.75, 3.05) is 5.73 Å². The summed E-state index contributed by atoms with van der Waals surface area (Å²) >= 11 is 0. The molecule has 2 nitrogen and oxygen atoms in total. The van der Waals surface area contributed by atoms with E-state index in [1.165, 1.54) is 0 Å². The summed E-state index contributed by atoms with van der Waals surface area (Å²) in [4.78, 5) is 12.5. The molecule has 0 heterocycles. The summed E-state index contributed by atoms with van der Waals surface area (Å²) in [5.74, 6) is 0.0425. The smallest absolute Gasteiger partial charge is 0.193 e. The monoisotopic (exact) mass is 349 g/mol. The molecule has 4 aromatic carbocycles. The third-order valence-corrected chi connectivity index (χ3v) is 4.65. The number of ketones is 1. The highest BCUT2D eigenvalue weighted by molar-refractivity contribution is 6.09. The summed E-state index contributed by atoms with van der Waals surface area (Å²) in [5, 5.41) is 0. The molecule has 0 unspecified atom stereocenters. The van der Waals surface area contributed by atoms with Crippen molar-refractivity contribution in [3.8, 4) is 22.3 Å². The fourth-order valence-electron chi connectivity index (χ4n) is 3.10. The Bertz CT molecular complexity index is 1050. The largest absolute Gasteiger partial charge is 0.399 e. The molecule has 0 aliphatic carbocycles. The molecule has 0 bridgehead atoms. The van der Waals surface area contributed by atoms with Crippen LogP contribution in [0.1, 0.15) is 15.9 Å². The molecule has 0 atom stereocenters. The minimum absolute atomic E-state index is 0.0425. The normalized spacial score (nSPS) is 10.5. The van der Waals surface area contributed by atoms with E-state index in [1.54, 1.807) is 0 Å². The van der Waals surface area contributed by atoms with Gasteiger partial charge in [0.2, 0.25) is 0 Å². The summed E-state index contributed by atoms with van der Waals surface area (Å²) in [7, 11) is 0. The van der Waals surface area contributed by atoms with Crippen LogP contribution in [-0.4, -0.2) is 5.78 Å². The lowest BCUT2D eigenvalue weighted by atomic mass is 9.97. The topological polar surface area (TPSA) is 43.1 Å².